The number of methoxy groups -OCH3 is 1. The van der Waals surface area contributed by atoms with Crippen molar-refractivity contribution < 1.29 is 9.53 Å². The van der Waals surface area contributed by atoms with Crippen molar-refractivity contribution in [2.75, 3.05) is 12.4 Å². The summed E-state index contributed by atoms with van der Waals surface area (Å²) in [6.45, 7) is 4.12. The van der Waals surface area contributed by atoms with E-state index in [0.29, 0.717) is 11.3 Å². The molecular weight excluding hydrogens is 216 g/mol. The fourth-order valence-corrected chi connectivity index (χ4v) is 1.59. The number of para-hydroxylation sites is 1. The molecule has 0 heterocycles. The molecule has 0 bridgehead atoms. The average molecular weight is 232 g/mol. The summed E-state index contributed by atoms with van der Waals surface area (Å²) < 4.78 is 4.56. The summed E-state index contributed by atoms with van der Waals surface area (Å²) >= 11 is 0. The first-order valence-electron chi connectivity index (χ1n) is 5.52. The monoisotopic (exact) mass is 232 g/mol. The summed E-state index contributed by atoms with van der Waals surface area (Å²) in [5.74, 6) is 0.274. The Morgan fingerprint density at radius 3 is 2.82 bits per heavy atom. The van der Waals surface area contributed by atoms with Crippen LogP contribution >= 0.6 is 0 Å². The van der Waals surface area contributed by atoms with Crippen LogP contribution in [0.4, 0.5) is 10.5 Å². The molecule has 90 valence electrons. The number of anilines is 1. The lowest BCUT2D eigenvalue weighted by Crippen LogP contribution is -2.14. The molecule has 0 fully saturated rings. The fourth-order valence-electron chi connectivity index (χ4n) is 1.59. The Balaban J connectivity index is 3.21. The first-order chi connectivity index (χ1) is 8.13. The molecule has 0 saturated heterocycles. The van der Waals surface area contributed by atoms with Gasteiger partial charge >= 0.3 is 6.09 Å². The maximum atomic E-state index is 11.3. The molecule has 1 amide bonds. The molecule has 0 radical (unpaired) electrons. The van der Waals surface area contributed by atoms with Gasteiger partial charge in [-0.05, 0) is 24.0 Å². The lowest BCUT2D eigenvalue weighted by atomic mass is 9.94. The van der Waals surface area contributed by atoms with Crippen LogP contribution in [-0.4, -0.2) is 13.2 Å². The van der Waals surface area contributed by atoms with E-state index in [2.05, 4.69) is 30.0 Å². The highest BCUT2D eigenvalue weighted by atomic mass is 16.5. The van der Waals surface area contributed by atoms with Crippen molar-refractivity contribution >= 4 is 11.8 Å². The van der Waals surface area contributed by atoms with Gasteiger partial charge in [0.15, 0.2) is 0 Å². The minimum atomic E-state index is -0.558. The van der Waals surface area contributed by atoms with Gasteiger partial charge in [-0.1, -0.05) is 26.0 Å². The number of hydrogen-bond acceptors (Lipinski definition) is 3. The highest BCUT2D eigenvalue weighted by Gasteiger charge is 2.15. The number of hydrogen-bond donors (Lipinski definition) is 1. The van der Waals surface area contributed by atoms with Crippen molar-refractivity contribution in [3.05, 3.63) is 29.3 Å². The number of nitrogens with one attached hydrogen (secondary N) is 1. The van der Waals surface area contributed by atoms with E-state index in [1.165, 1.54) is 7.11 Å². The SMILES string of the molecule is CCC(C)c1cccc(C#N)c1NC(=O)OC. The number of carbonyl (C=O) groups excluding carboxylic acids is 1. The number of carbonyl (C=O) groups is 1. The van der Waals surface area contributed by atoms with Crippen LogP contribution in [0.5, 0.6) is 0 Å². The number of ether oxygens (including phenoxy) is 1. The first-order valence-corrected chi connectivity index (χ1v) is 5.52. The van der Waals surface area contributed by atoms with Crippen LogP contribution in [-0.2, 0) is 4.74 Å². The highest BCUT2D eigenvalue weighted by molar-refractivity contribution is 5.88. The second kappa shape index (κ2) is 5.90. The van der Waals surface area contributed by atoms with Crippen LogP contribution < -0.4 is 5.32 Å². The summed E-state index contributed by atoms with van der Waals surface area (Å²) in [5.41, 5.74) is 1.96. The van der Waals surface area contributed by atoms with Crippen molar-refractivity contribution in [1.29, 1.82) is 5.26 Å². The molecule has 1 unspecified atom stereocenters. The number of nitriles is 1. The summed E-state index contributed by atoms with van der Waals surface area (Å²) in [7, 11) is 1.30. The Hall–Kier alpha value is -2.02. The van der Waals surface area contributed by atoms with Gasteiger partial charge in [0, 0.05) is 0 Å². The van der Waals surface area contributed by atoms with Gasteiger partial charge in [0.2, 0.25) is 0 Å². The molecule has 0 aliphatic rings. The fraction of sp³-hybridized carbons (Fsp3) is 0.385. The minimum Gasteiger partial charge on any atom is -0.453 e. The molecule has 1 N–H and O–H groups in total. The third-order valence-electron chi connectivity index (χ3n) is 2.77. The maximum absolute atomic E-state index is 11.3. The van der Waals surface area contributed by atoms with Gasteiger partial charge < -0.3 is 4.74 Å². The van der Waals surface area contributed by atoms with Crippen molar-refractivity contribution in [3.63, 3.8) is 0 Å². The molecule has 0 aliphatic heterocycles. The Bertz CT molecular complexity index is 449. The van der Waals surface area contributed by atoms with E-state index >= 15 is 0 Å². The van der Waals surface area contributed by atoms with Gasteiger partial charge in [-0.3, -0.25) is 5.32 Å². The van der Waals surface area contributed by atoms with Gasteiger partial charge in [-0.15, -0.1) is 0 Å². The van der Waals surface area contributed by atoms with Gasteiger partial charge in [-0.25, -0.2) is 4.79 Å². The van der Waals surface area contributed by atoms with E-state index in [4.69, 9.17) is 5.26 Å². The van der Waals surface area contributed by atoms with E-state index in [1.54, 1.807) is 6.07 Å². The molecule has 1 rings (SSSR count). The average Bonchev–Trinajstić information content (AvgIpc) is 2.37. The summed E-state index contributed by atoms with van der Waals surface area (Å²) in [5, 5.41) is 11.7. The Kier molecular flexibility index (Phi) is 4.53. The normalized spacial score (nSPS) is 11.4. The lowest BCUT2D eigenvalue weighted by molar-refractivity contribution is 0.187. The summed E-state index contributed by atoms with van der Waals surface area (Å²) in [6.07, 6.45) is 0.377. The quantitative estimate of drug-likeness (QED) is 0.870. The molecule has 1 atom stereocenters. The van der Waals surface area contributed by atoms with Crippen molar-refractivity contribution in [1.82, 2.24) is 0 Å². The third kappa shape index (κ3) is 2.97. The largest absolute Gasteiger partial charge is 0.453 e. The van der Waals surface area contributed by atoms with Crippen LogP contribution in [0, 0.1) is 11.3 Å². The van der Waals surface area contributed by atoms with E-state index < -0.39 is 6.09 Å². The number of benzene rings is 1. The Labute approximate surface area is 101 Å². The van der Waals surface area contributed by atoms with E-state index in [-0.39, 0.29) is 5.92 Å². The zero-order valence-electron chi connectivity index (χ0n) is 10.3. The van der Waals surface area contributed by atoms with E-state index in [1.807, 2.05) is 12.1 Å². The molecule has 4 nitrogen and oxygen atoms in total. The summed E-state index contributed by atoms with van der Waals surface area (Å²) in [4.78, 5) is 11.3. The predicted octanol–water partition coefficient (Wildman–Crippen LogP) is 3.25. The van der Waals surface area contributed by atoms with Crippen LogP contribution in [0.25, 0.3) is 0 Å². The van der Waals surface area contributed by atoms with Gasteiger partial charge in [0.1, 0.15) is 6.07 Å². The Morgan fingerprint density at radius 1 is 1.59 bits per heavy atom. The highest BCUT2D eigenvalue weighted by Crippen LogP contribution is 2.29. The summed E-state index contributed by atoms with van der Waals surface area (Å²) in [6, 6.07) is 7.49. The standard InChI is InChI=1S/C13H16N2O2/c1-4-9(2)11-7-5-6-10(8-14)12(11)15-13(16)17-3/h5-7,9H,4H2,1-3H3,(H,15,16). The zero-order chi connectivity index (χ0) is 12.8. The first kappa shape index (κ1) is 13.0. The van der Waals surface area contributed by atoms with E-state index in [9.17, 15) is 4.79 Å². The van der Waals surface area contributed by atoms with Crippen LogP contribution in [0.3, 0.4) is 0 Å². The third-order valence-corrected chi connectivity index (χ3v) is 2.77. The number of rotatable bonds is 3. The van der Waals surface area contributed by atoms with E-state index in [0.717, 1.165) is 12.0 Å². The molecule has 4 heteroatoms. The van der Waals surface area contributed by atoms with Gasteiger partial charge in [0.05, 0.1) is 18.4 Å². The molecule has 0 saturated carbocycles. The van der Waals surface area contributed by atoms with Crippen molar-refractivity contribution in [2.45, 2.75) is 26.2 Å². The molecular formula is C13H16N2O2. The van der Waals surface area contributed by atoms with Crippen molar-refractivity contribution in [2.24, 2.45) is 0 Å². The second-order valence-electron chi connectivity index (χ2n) is 3.81. The number of nitrogens with zero attached hydrogens (tertiary/aromatic N) is 1. The molecule has 17 heavy (non-hydrogen) atoms. The smallest absolute Gasteiger partial charge is 0.411 e. The molecule has 0 aliphatic carbocycles. The minimum absolute atomic E-state index is 0.274. The lowest BCUT2D eigenvalue weighted by Gasteiger charge is -2.16. The number of amides is 1. The zero-order valence-corrected chi connectivity index (χ0v) is 10.3. The Morgan fingerprint density at radius 2 is 2.29 bits per heavy atom. The molecule has 0 aromatic heterocycles. The topological polar surface area (TPSA) is 62.1 Å². The van der Waals surface area contributed by atoms with Crippen LogP contribution in [0.15, 0.2) is 18.2 Å². The molecule has 1 aromatic rings. The second-order valence-corrected chi connectivity index (χ2v) is 3.81. The van der Waals surface area contributed by atoms with Crippen molar-refractivity contribution in [3.8, 4) is 6.07 Å². The van der Waals surface area contributed by atoms with Crippen LogP contribution in [0.1, 0.15) is 37.3 Å². The molecule has 0 spiro atoms. The maximum Gasteiger partial charge on any atom is 0.411 e. The predicted molar refractivity (Wildman–Crippen MR) is 65.9 cm³/mol. The van der Waals surface area contributed by atoms with Gasteiger partial charge in [-0.2, -0.15) is 5.26 Å². The van der Waals surface area contributed by atoms with Gasteiger partial charge in [0.25, 0.3) is 0 Å². The molecule has 1 aromatic carbocycles. The van der Waals surface area contributed by atoms with Crippen LogP contribution in [0.2, 0.25) is 0 Å².